The molecule has 0 N–H and O–H groups in total. The zero-order chi connectivity index (χ0) is 17.5. The van der Waals surface area contributed by atoms with Gasteiger partial charge in [0.25, 0.3) is 0 Å². The van der Waals surface area contributed by atoms with Crippen molar-refractivity contribution in [1.29, 1.82) is 0 Å². The van der Waals surface area contributed by atoms with E-state index in [1.54, 1.807) is 0 Å². The van der Waals surface area contributed by atoms with Gasteiger partial charge in [0.15, 0.2) is 0 Å². The summed E-state index contributed by atoms with van der Waals surface area (Å²) in [5, 5.41) is 6.84. The molecule has 0 unspecified atom stereocenters. The SMILES string of the molecule is CC(C)(C)[Si](C)(C)CC1CCC(n2cc3cnc(Cl)cc3n2)CC1. The second-order valence-corrected chi connectivity index (χ2v) is 15.3. The molecule has 1 aliphatic rings. The van der Waals surface area contributed by atoms with Crippen molar-refractivity contribution in [2.75, 3.05) is 0 Å². The molecule has 132 valence electrons. The Labute approximate surface area is 151 Å². The molecule has 3 rings (SSSR count). The molecule has 2 heterocycles. The normalized spacial score (nSPS) is 22.9. The number of nitrogens with zero attached hydrogens (tertiary/aromatic N) is 3. The lowest BCUT2D eigenvalue weighted by atomic mass is 9.87. The van der Waals surface area contributed by atoms with Crippen LogP contribution in [0.2, 0.25) is 29.3 Å². The Kier molecular flexibility index (Phi) is 4.82. The van der Waals surface area contributed by atoms with E-state index in [0.717, 1.165) is 16.8 Å². The van der Waals surface area contributed by atoms with E-state index >= 15 is 0 Å². The molecule has 0 amide bonds. The highest BCUT2D eigenvalue weighted by Gasteiger charge is 2.37. The minimum Gasteiger partial charge on any atom is -0.268 e. The summed E-state index contributed by atoms with van der Waals surface area (Å²) in [6.07, 6.45) is 9.13. The minimum atomic E-state index is -1.17. The van der Waals surface area contributed by atoms with Crippen molar-refractivity contribution in [1.82, 2.24) is 14.8 Å². The Balaban J connectivity index is 1.64. The second-order valence-electron chi connectivity index (χ2n) is 9.19. The molecule has 5 heteroatoms. The zero-order valence-electron chi connectivity index (χ0n) is 15.6. The third-order valence-electron chi connectivity index (χ3n) is 6.39. The van der Waals surface area contributed by atoms with Crippen molar-refractivity contribution < 1.29 is 0 Å². The van der Waals surface area contributed by atoms with E-state index in [2.05, 4.69) is 49.7 Å². The van der Waals surface area contributed by atoms with Crippen LogP contribution in [0.3, 0.4) is 0 Å². The summed E-state index contributed by atoms with van der Waals surface area (Å²) in [4.78, 5) is 4.16. The minimum absolute atomic E-state index is 0.496. The number of pyridine rings is 1. The van der Waals surface area contributed by atoms with Gasteiger partial charge in [-0.2, -0.15) is 5.10 Å². The first kappa shape index (κ1) is 17.9. The second kappa shape index (κ2) is 6.45. The van der Waals surface area contributed by atoms with Gasteiger partial charge in [0.05, 0.1) is 19.6 Å². The van der Waals surface area contributed by atoms with Crippen molar-refractivity contribution in [2.45, 2.75) is 76.7 Å². The first-order valence-corrected chi connectivity index (χ1v) is 12.7. The average molecular weight is 364 g/mol. The summed E-state index contributed by atoms with van der Waals surface area (Å²) in [5.74, 6) is 0.906. The summed E-state index contributed by atoms with van der Waals surface area (Å²) in [6, 6.07) is 3.85. The quantitative estimate of drug-likeness (QED) is 0.471. The average Bonchev–Trinajstić information content (AvgIpc) is 2.89. The molecular formula is C19H30ClN3Si. The van der Waals surface area contributed by atoms with Crippen LogP contribution in [0.1, 0.15) is 52.5 Å². The first-order chi connectivity index (χ1) is 11.2. The van der Waals surface area contributed by atoms with E-state index in [-0.39, 0.29) is 0 Å². The molecule has 1 saturated carbocycles. The highest BCUT2D eigenvalue weighted by molar-refractivity contribution is 6.80. The van der Waals surface area contributed by atoms with Crippen molar-refractivity contribution >= 4 is 30.6 Å². The molecule has 0 atom stereocenters. The van der Waals surface area contributed by atoms with E-state index < -0.39 is 8.07 Å². The molecular weight excluding hydrogens is 334 g/mol. The maximum atomic E-state index is 5.97. The van der Waals surface area contributed by atoms with Crippen LogP contribution in [0.4, 0.5) is 0 Å². The maximum absolute atomic E-state index is 5.97. The topological polar surface area (TPSA) is 30.7 Å². The zero-order valence-corrected chi connectivity index (χ0v) is 17.4. The number of hydrogen-bond acceptors (Lipinski definition) is 2. The first-order valence-electron chi connectivity index (χ1n) is 9.16. The Morgan fingerprint density at radius 2 is 1.88 bits per heavy atom. The van der Waals surface area contributed by atoms with Gasteiger partial charge in [-0.15, -0.1) is 0 Å². The van der Waals surface area contributed by atoms with Gasteiger partial charge in [0, 0.05) is 23.8 Å². The fourth-order valence-electron chi connectivity index (χ4n) is 3.74. The summed E-state index contributed by atoms with van der Waals surface area (Å²) < 4.78 is 2.16. The fourth-order valence-corrected chi connectivity index (χ4v) is 6.36. The molecule has 0 aliphatic heterocycles. The van der Waals surface area contributed by atoms with Crippen LogP contribution in [0, 0.1) is 5.92 Å². The molecule has 0 aromatic carbocycles. The lowest BCUT2D eigenvalue weighted by Crippen LogP contribution is -2.39. The Morgan fingerprint density at radius 1 is 1.21 bits per heavy atom. The standard InChI is InChI=1S/C19H30ClN3Si/c1-19(2,3)24(4,5)13-14-6-8-16(9-7-14)23-12-15-11-21-18(20)10-17(15)22-23/h10-12,14,16H,6-9,13H2,1-5H3. The molecule has 3 nitrogen and oxygen atoms in total. The fraction of sp³-hybridized carbons (Fsp3) is 0.684. The van der Waals surface area contributed by atoms with E-state index in [9.17, 15) is 0 Å². The Morgan fingerprint density at radius 3 is 2.50 bits per heavy atom. The largest absolute Gasteiger partial charge is 0.268 e. The van der Waals surface area contributed by atoms with Crippen molar-refractivity contribution in [3.8, 4) is 0 Å². The van der Waals surface area contributed by atoms with Crippen LogP contribution < -0.4 is 0 Å². The van der Waals surface area contributed by atoms with Crippen molar-refractivity contribution in [2.24, 2.45) is 5.92 Å². The molecule has 24 heavy (non-hydrogen) atoms. The van der Waals surface area contributed by atoms with Gasteiger partial charge in [-0.1, -0.05) is 51.5 Å². The van der Waals surface area contributed by atoms with Gasteiger partial charge in [0.2, 0.25) is 0 Å². The molecule has 0 saturated heterocycles. The molecule has 0 spiro atoms. The molecule has 1 fully saturated rings. The highest BCUT2D eigenvalue weighted by atomic mass is 35.5. The molecule has 0 radical (unpaired) electrons. The molecule has 2 aromatic heterocycles. The van der Waals surface area contributed by atoms with E-state index in [1.165, 1.54) is 31.7 Å². The Hall–Kier alpha value is -0.873. The monoisotopic (exact) mass is 363 g/mol. The summed E-state index contributed by atoms with van der Waals surface area (Å²) in [7, 11) is -1.17. The van der Waals surface area contributed by atoms with Crippen molar-refractivity contribution in [3.63, 3.8) is 0 Å². The van der Waals surface area contributed by atoms with Crippen LogP contribution in [-0.4, -0.2) is 22.8 Å². The summed E-state index contributed by atoms with van der Waals surface area (Å²) in [5.41, 5.74) is 0.957. The highest BCUT2D eigenvalue weighted by Crippen LogP contribution is 2.44. The Bertz CT molecular complexity index is 709. The lowest BCUT2D eigenvalue weighted by molar-refractivity contribution is 0.272. The molecule has 2 aromatic rings. The van der Waals surface area contributed by atoms with E-state index in [0.29, 0.717) is 16.2 Å². The third kappa shape index (κ3) is 3.69. The predicted octanol–water partition coefficient (Wildman–Crippen LogP) is 6.32. The van der Waals surface area contributed by atoms with Crippen LogP contribution in [0.5, 0.6) is 0 Å². The number of aromatic nitrogens is 3. The third-order valence-corrected chi connectivity index (χ3v) is 12.3. The van der Waals surface area contributed by atoms with Gasteiger partial charge in [-0.25, -0.2) is 4.98 Å². The number of halogens is 1. The number of fused-ring (bicyclic) bond motifs is 1. The van der Waals surface area contributed by atoms with Crippen molar-refractivity contribution in [3.05, 3.63) is 23.6 Å². The molecule has 1 aliphatic carbocycles. The maximum Gasteiger partial charge on any atom is 0.131 e. The van der Waals surface area contributed by atoms with Crippen LogP contribution >= 0.6 is 11.6 Å². The van der Waals surface area contributed by atoms with Crippen LogP contribution in [0.15, 0.2) is 18.5 Å². The smallest absolute Gasteiger partial charge is 0.131 e. The summed E-state index contributed by atoms with van der Waals surface area (Å²) in [6.45, 7) is 12.4. The predicted molar refractivity (Wildman–Crippen MR) is 106 cm³/mol. The lowest BCUT2D eigenvalue weighted by Gasteiger charge is -2.41. The number of hydrogen-bond donors (Lipinski definition) is 0. The van der Waals surface area contributed by atoms with Crippen LogP contribution in [-0.2, 0) is 0 Å². The molecule has 0 bridgehead atoms. The van der Waals surface area contributed by atoms with Crippen LogP contribution in [0.25, 0.3) is 10.9 Å². The number of rotatable bonds is 3. The van der Waals surface area contributed by atoms with Gasteiger partial charge in [-0.3, -0.25) is 4.68 Å². The van der Waals surface area contributed by atoms with E-state index in [4.69, 9.17) is 16.7 Å². The summed E-state index contributed by atoms with van der Waals surface area (Å²) >= 11 is 5.97. The van der Waals surface area contributed by atoms with Gasteiger partial charge < -0.3 is 0 Å². The van der Waals surface area contributed by atoms with Gasteiger partial charge in [0.1, 0.15) is 5.15 Å². The van der Waals surface area contributed by atoms with E-state index in [1.807, 2.05) is 12.3 Å². The van der Waals surface area contributed by atoms with Gasteiger partial charge in [-0.05, 0) is 36.6 Å². The van der Waals surface area contributed by atoms with Gasteiger partial charge >= 0.3 is 0 Å².